The summed E-state index contributed by atoms with van der Waals surface area (Å²) in [5.41, 5.74) is 5.89. The first-order valence-corrected chi connectivity index (χ1v) is 6.35. The van der Waals surface area contributed by atoms with Crippen molar-refractivity contribution in [3.8, 4) is 0 Å². The Balaban J connectivity index is 2.32. The Morgan fingerprint density at radius 1 is 1.65 bits per heavy atom. The highest BCUT2D eigenvalue weighted by molar-refractivity contribution is 14.1. The van der Waals surface area contributed by atoms with Crippen LogP contribution in [0, 0.1) is 9.49 Å². The largest absolute Gasteiger partial charge is 0.369 e. The number of primary amides is 1. The molecule has 1 fully saturated rings. The first-order chi connectivity index (χ1) is 7.99. The van der Waals surface area contributed by atoms with Gasteiger partial charge in [-0.3, -0.25) is 9.59 Å². The molecule has 2 rings (SSSR count). The van der Waals surface area contributed by atoms with E-state index < -0.39 is 11.8 Å². The summed E-state index contributed by atoms with van der Waals surface area (Å²) in [6.45, 7) is 0.310. The van der Waals surface area contributed by atoms with E-state index in [1.54, 1.807) is 12.3 Å². The molecule has 0 spiro atoms. The number of rotatable bonds is 2. The molecule has 1 aromatic rings. The van der Waals surface area contributed by atoms with Crippen LogP contribution < -0.4 is 10.6 Å². The van der Waals surface area contributed by atoms with Gasteiger partial charge in [0.2, 0.25) is 11.8 Å². The Bertz CT molecular complexity index is 494. The summed E-state index contributed by atoms with van der Waals surface area (Å²) in [7, 11) is 0. The van der Waals surface area contributed by atoms with Gasteiger partial charge in [-0.05, 0) is 22.6 Å². The fourth-order valence-corrected chi connectivity index (χ4v) is 2.48. The molecule has 0 bridgehead atoms. The number of aromatic nitrogens is 1. The topological polar surface area (TPSA) is 76.3 Å². The second kappa shape index (κ2) is 4.77. The van der Waals surface area contributed by atoms with Gasteiger partial charge in [0.25, 0.3) is 0 Å². The van der Waals surface area contributed by atoms with Crippen LogP contribution in [0.25, 0.3) is 0 Å². The highest BCUT2D eigenvalue weighted by Crippen LogP contribution is 2.30. The fourth-order valence-electron chi connectivity index (χ4n) is 1.74. The van der Waals surface area contributed by atoms with Gasteiger partial charge < -0.3 is 10.6 Å². The number of amides is 2. The predicted molar refractivity (Wildman–Crippen MR) is 71.6 cm³/mol. The quantitative estimate of drug-likeness (QED) is 0.631. The number of hydrogen-bond donors (Lipinski definition) is 1. The number of hydrogen-bond acceptors (Lipinski definition) is 3. The number of nitrogens with zero attached hydrogens (tertiary/aromatic N) is 2. The average Bonchev–Trinajstić information content (AvgIpc) is 2.64. The van der Waals surface area contributed by atoms with Gasteiger partial charge in [0.05, 0.1) is 15.2 Å². The smallest absolute Gasteiger partial charge is 0.227 e. The molecule has 1 unspecified atom stereocenters. The maximum atomic E-state index is 11.8. The molecule has 17 heavy (non-hydrogen) atoms. The lowest BCUT2D eigenvalue weighted by Crippen LogP contribution is -2.28. The van der Waals surface area contributed by atoms with Crippen LogP contribution in [0.4, 0.5) is 5.69 Å². The summed E-state index contributed by atoms with van der Waals surface area (Å²) in [5, 5.41) is 0.316. The van der Waals surface area contributed by atoms with Gasteiger partial charge >= 0.3 is 0 Å². The molecule has 1 aliphatic rings. The molecule has 1 saturated heterocycles. The van der Waals surface area contributed by atoms with E-state index in [2.05, 4.69) is 27.6 Å². The summed E-state index contributed by atoms with van der Waals surface area (Å²) in [6, 6.07) is 1.62. The second-order valence-electron chi connectivity index (χ2n) is 3.77. The van der Waals surface area contributed by atoms with Crippen molar-refractivity contribution in [2.75, 3.05) is 11.4 Å². The molecule has 0 aromatic carbocycles. The number of carbonyl (C=O) groups is 2. The molecule has 5 nitrogen and oxygen atoms in total. The van der Waals surface area contributed by atoms with Crippen molar-refractivity contribution in [2.24, 2.45) is 11.7 Å². The minimum atomic E-state index is -0.448. The molecular formula is C10H9ClIN3O2. The van der Waals surface area contributed by atoms with Crippen LogP contribution in [0.5, 0.6) is 0 Å². The van der Waals surface area contributed by atoms with Crippen molar-refractivity contribution < 1.29 is 9.59 Å². The highest BCUT2D eigenvalue weighted by atomic mass is 127. The zero-order chi connectivity index (χ0) is 12.6. The lowest BCUT2D eigenvalue weighted by Gasteiger charge is -2.17. The fraction of sp³-hybridized carbons (Fsp3) is 0.300. The second-order valence-corrected chi connectivity index (χ2v) is 5.32. The first-order valence-electron chi connectivity index (χ1n) is 4.89. The summed E-state index contributed by atoms with van der Waals surface area (Å²) < 4.78 is 0.811. The third-order valence-electron chi connectivity index (χ3n) is 2.62. The number of anilines is 1. The van der Waals surface area contributed by atoms with Gasteiger partial charge in [0, 0.05) is 25.2 Å². The molecule has 1 aliphatic heterocycles. The number of pyridine rings is 1. The van der Waals surface area contributed by atoms with Crippen LogP contribution in [-0.4, -0.2) is 23.3 Å². The van der Waals surface area contributed by atoms with E-state index in [-0.39, 0.29) is 12.3 Å². The molecule has 2 N–H and O–H groups in total. The molecule has 2 amide bonds. The van der Waals surface area contributed by atoms with E-state index in [1.807, 2.05) is 0 Å². The highest BCUT2D eigenvalue weighted by Gasteiger charge is 2.34. The molecule has 7 heteroatoms. The van der Waals surface area contributed by atoms with Crippen LogP contribution in [0.3, 0.4) is 0 Å². The number of halogens is 2. The average molecular weight is 366 g/mol. The van der Waals surface area contributed by atoms with Gasteiger partial charge in [-0.25, -0.2) is 4.98 Å². The molecule has 1 atom stereocenters. The van der Waals surface area contributed by atoms with Crippen LogP contribution in [0.1, 0.15) is 6.42 Å². The first kappa shape index (κ1) is 12.6. The lowest BCUT2D eigenvalue weighted by molar-refractivity contribution is -0.123. The van der Waals surface area contributed by atoms with E-state index >= 15 is 0 Å². The van der Waals surface area contributed by atoms with Gasteiger partial charge in [0.1, 0.15) is 5.15 Å². The molecular weight excluding hydrogens is 356 g/mol. The number of carbonyl (C=O) groups excluding carboxylic acids is 2. The maximum absolute atomic E-state index is 11.8. The SMILES string of the molecule is NC(=O)C1CC(=O)N(c2cc(Cl)ncc2I)C1. The third-order valence-corrected chi connectivity index (χ3v) is 3.66. The van der Waals surface area contributed by atoms with Crippen molar-refractivity contribution in [3.63, 3.8) is 0 Å². The predicted octanol–water partition coefficient (Wildman–Crippen LogP) is 1.18. The van der Waals surface area contributed by atoms with E-state index in [9.17, 15) is 9.59 Å². The molecule has 90 valence electrons. The Kier molecular flexibility index (Phi) is 3.53. The molecule has 1 aromatic heterocycles. The summed E-state index contributed by atoms with van der Waals surface area (Å²) in [4.78, 5) is 28.3. The third kappa shape index (κ3) is 2.52. The van der Waals surface area contributed by atoms with Crippen molar-refractivity contribution in [1.82, 2.24) is 4.98 Å². The zero-order valence-electron chi connectivity index (χ0n) is 8.69. The monoisotopic (exact) mass is 365 g/mol. The molecule has 2 heterocycles. The minimum absolute atomic E-state index is 0.117. The van der Waals surface area contributed by atoms with Gasteiger partial charge in [-0.2, -0.15) is 0 Å². The van der Waals surface area contributed by atoms with Crippen molar-refractivity contribution in [1.29, 1.82) is 0 Å². The molecule has 0 saturated carbocycles. The summed E-state index contributed by atoms with van der Waals surface area (Å²) >= 11 is 7.87. The number of nitrogens with two attached hydrogens (primary N) is 1. The van der Waals surface area contributed by atoms with E-state index in [0.717, 1.165) is 3.57 Å². The minimum Gasteiger partial charge on any atom is -0.369 e. The van der Waals surface area contributed by atoms with Crippen molar-refractivity contribution >= 4 is 51.7 Å². The molecule has 0 radical (unpaired) electrons. The van der Waals surface area contributed by atoms with Crippen molar-refractivity contribution in [3.05, 3.63) is 21.0 Å². The van der Waals surface area contributed by atoms with E-state index in [1.165, 1.54) is 4.90 Å². The van der Waals surface area contributed by atoms with Crippen LogP contribution >= 0.6 is 34.2 Å². The van der Waals surface area contributed by atoms with Crippen LogP contribution in [0.2, 0.25) is 5.15 Å². The Morgan fingerprint density at radius 2 is 2.35 bits per heavy atom. The van der Waals surface area contributed by atoms with E-state index in [0.29, 0.717) is 17.4 Å². The summed E-state index contributed by atoms with van der Waals surface area (Å²) in [6.07, 6.45) is 1.74. The maximum Gasteiger partial charge on any atom is 0.227 e. The lowest BCUT2D eigenvalue weighted by atomic mass is 10.1. The van der Waals surface area contributed by atoms with Crippen LogP contribution in [-0.2, 0) is 9.59 Å². The van der Waals surface area contributed by atoms with Crippen LogP contribution in [0.15, 0.2) is 12.3 Å². The standard InChI is InChI=1S/C10H9ClIN3O2/c11-8-2-7(6(12)3-14-8)15-4-5(10(13)17)1-9(15)16/h2-3,5H,1,4H2,(H2,13,17). The molecule has 0 aliphatic carbocycles. The Morgan fingerprint density at radius 3 is 2.94 bits per heavy atom. The van der Waals surface area contributed by atoms with Gasteiger partial charge in [-0.1, -0.05) is 11.6 Å². The van der Waals surface area contributed by atoms with Gasteiger partial charge in [0.15, 0.2) is 0 Å². The Labute approximate surface area is 116 Å². The van der Waals surface area contributed by atoms with E-state index in [4.69, 9.17) is 17.3 Å². The van der Waals surface area contributed by atoms with Gasteiger partial charge in [-0.15, -0.1) is 0 Å². The Hall–Kier alpha value is -0.890. The normalized spacial score (nSPS) is 19.8. The summed E-state index contributed by atoms with van der Waals surface area (Å²) in [5.74, 6) is -0.991. The van der Waals surface area contributed by atoms with Crippen molar-refractivity contribution in [2.45, 2.75) is 6.42 Å². The zero-order valence-corrected chi connectivity index (χ0v) is 11.6.